The minimum atomic E-state index is -0.163. The van der Waals surface area contributed by atoms with E-state index in [-0.39, 0.29) is 24.2 Å². The van der Waals surface area contributed by atoms with Gasteiger partial charge >= 0.3 is 0 Å². The molecule has 1 fully saturated rings. The van der Waals surface area contributed by atoms with Gasteiger partial charge in [0.1, 0.15) is 0 Å². The van der Waals surface area contributed by atoms with Crippen molar-refractivity contribution in [2.24, 2.45) is 11.7 Å². The number of primary amides is 1. The maximum atomic E-state index is 10.8. The van der Waals surface area contributed by atoms with E-state index in [1.165, 1.54) is 5.56 Å². The van der Waals surface area contributed by atoms with Crippen LogP contribution in [-0.2, 0) is 4.79 Å². The van der Waals surface area contributed by atoms with Crippen molar-refractivity contribution in [3.05, 3.63) is 35.9 Å². The van der Waals surface area contributed by atoms with Crippen molar-refractivity contribution in [2.45, 2.75) is 12.3 Å². The highest BCUT2D eigenvalue weighted by molar-refractivity contribution is 5.85. The van der Waals surface area contributed by atoms with Crippen LogP contribution in [0.4, 0.5) is 0 Å². The minimum absolute atomic E-state index is 0. The largest absolute Gasteiger partial charge is 0.369 e. The van der Waals surface area contributed by atoms with Gasteiger partial charge in [0.05, 0.1) is 0 Å². The first kappa shape index (κ1) is 10.1. The van der Waals surface area contributed by atoms with Gasteiger partial charge in [0.2, 0.25) is 5.91 Å². The van der Waals surface area contributed by atoms with Crippen LogP contribution in [0.5, 0.6) is 0 Å². The highest BCUT2D eigenvalue weighted by atomic mass is 35.5. The predicted molar refractivity (Wildman–Crippen MR) is 53.7 cm³/mol. The Hall–Kier alpha value is -1.02. The Bertz CT molecular complexity index is 299. The summed E-state index contributed by atoms with van der Waals surface area (Å²) in [6.45, 7) is 0. The van der Waals surface area contributed by atoms with E-state index in [0.29, 0.717) is 5.92 Å². The van der Waals surface area contributed by atoms with Crippen LogP contribution in [0.15, 0.2) is 30.3 Å². The van der Waals surface area contributed by atoms with Gasteiger partial charge in [-0.05, 0) is 17.9 Å². The summed E-state index contributed by atoms with van der Waals surface area (Å²) in [5.74, 6) is 0.319. The third-order valence-electron chi connectivity index (χ3n) is 2.38. The Morgan fingerprint density at radius 2 is 1.92 bits per heavy atom. The molecule has 0 unspecified atom stereocenters. The van der Waals surface area contributed by atoms with Gasteiger partial charge in [0, 0.05) is 5.92 Å². The summed E-state index contributed by atoms with van der Waals surface area (Å²) in [5, 5.41) is 0. The predicted octanol–water partition coefficient (Wildman–Crippen LogP) is 1.70. The van der Waals surface area contributed by atoms with E-state index < -0.39 is 0 Å². The summed E-state index contributed by atoms with van der Waals surface area (Å²) < 4.78 is 0. The van der Waals surface area contributed by atoms with E-state index in [9.17, 15) is 4.79 Å². The molecule has 2 atom stereocenters. The SMILES string of the molecule is Cl.NC(=O)[C@@H]1C[C@H]1c1ccccc1. The molecule has 0 heterocycles. The molecule has 0 bridgehead atoms. The molecular weight excluding hydrogens is 186 g/mol. The normalized spacial score (nSPS) is 24.6. The van der Waals surface area contributed by atoms with E-state index in [0.717, 1.165) is 6.42 Å². The van der Waals surface area contributed by atoms with Crippen LogP contribution in [0.3, 0.4) is 0 Å². The van der Waals surface area contributed by atoms with E-state index in [4.69, 9.17) is 5.73 Å². The molecule has 0 radical (unpaired) electrons. The summed E-state index contributed by atoms with van der Waals surface area (Å²) in [6.07, 6.45) is 0.930. The Balaban J connectivity index is 0.000000845. The van der Waals surface area contributed by atoms with Gasteiger partial charge < -0.3 is 5.73 Å². The summed E-state index contributed by atoms with van der Waals surface area (Å²) in [7, 11) is 0. The zero-order valence-corrected chi connectivity index (χ0v) is 7.96. The van der Waals surface area contributed by atoms with Gasteiger partial charge in [-0.3, -0.25) is 4.79 Å². The lowest BCUT2D eigenvalue weighted by Crippen LogP contribution is -2.13. The molecule has 1 amide bonds. The first-order chi connectivity index (χ1) is 5.79. The van der Waals surface area contributed by atoms with Crippen LogP contribution in [0.2, 0.25) is 0 Å². The fourth-order valence-corrected chi connectivity index (χ4v) is 1.58. The number of carbonyl (C=O) groups is 1. The van der Waals surface area contributed by atoms with Crippen LogP contribution in [-0.4, -0.2) is 5.91 Å². The fourth-order valence-electron chi connectivity index (χ4n) is 1.58. The topological polar surface area (TPSA) is 43.1 Å². The van der Waals surface area contributed by atoms with Crippen LogP contribution in [0.1, 0.15) is 17.9 Å². The second kappa shape index (κ2) is 3.79. The molecule has 2 nitrogen and oxygen atoms in total. The molecule has 0 aromatic heterocycles. The highest BCUT2D eigenvalue weighted by Crippen LogP contribution is 2.46. The monoisotopic (exact) mass is 197 g/mol. The minimum Gasteiger partial charge on any atom is -0.369 e. The number of rotatable bonds is 2. The second-order valence-corrected chi connectivity index (χ2v) is 3.26. The Labute approximate surface area is 83.5 Å². The first-order valence-corrected chi connectivity index (χ1v) is 4.13. The smallest absolute Gasteiger partial charge is 0.221 e. The third-order valence-corrected chi connectivity index (χ3v) is 2.38. The van der Waals surface area contributed by atoms with Crippen LogP contribution in [0.25, 0.3) is 0 Å². The fraction of sp³-hybridized carbons (Fsp3) is 0.300. The molecular formula is C10H12ClNO. The molecule has 1 aliphatic carbocycles. The van der Waals surface area contributed by atoms with Crippen molar-refractivity contribution in [3.63, 3.8) is 0 Å². The van der Waals surface area contributed by atoms with E-state index in [2.05, 4.69) is 0 Å². The molecule has 1 aromatic carbocycles. The van der Waals surface area contributed by atoms with Gasteiger partial charge in [0.15, 0.2) is 0 Å². The highest BCUT2D eigenvalue weighted by Gasteiger charge is 2.42. The second-order valence-electron chi connectivity index (χ2n) is 3.26. The number of hydrogen-bond donors (Lipinski definition) is 1. The first-order valence-electron chi connectivity index (χ1n) is 4.13. The van der Waals surface area contributed by atoms with Crippen molar-refractivity contribution in [1.82, 2.24) is 0 Å². The molecule has 2 rings (SSSR count). The average molecular weight is 198 g/mol. The standard InChI is InChI=1S/C10H11NO.ClH/c11-10(12)9-6-8(9)7-4-2-1-3-5-7;/h1-5,8-9H,6H2,(H2,11,12);1H/t8-,9+;/m0./s1. The summed E-state index contributed by atoms with van der Waals surface area (Å²) >= 11 is 0. The third kappa shape index (κ3) is 2.01. The van der Waals surface area contributed by atoms with Crippen LogP contribution < -0.4 is 5.73 Å². The van der Waals surface area contributed by atoms with Crippen molar-refractivity contribution in [2.75, 3.05) is 0 Å². The molecule has 70 valence electrons. The van der Waals surface area contributed by atoms with Crippen molar-refractivity contribution in [1.29, 1.82) is 0 Å². The number of halogens is 1. The van der Waals surface area contributed by atoms with Gasteiger partial charge in [-0.1, -0.05) is 30.3 Å². The number of benzene rings is 1. The molecule has 1 aromatic rings. The van der Waals surface area contributed by atoms with Crippen molar-refractivity contribution >= 4 is 18.3 Å². The van der Waals surface area contributed by atoms with Gasteiger partial charge in [-0.25, -0.2) is 0 Å². The van der Waals surface area contributed by atoms with E-state index in [1.54, 1.807) is 0 Å². The zero-order valence-electron chi connectivity index (χ0n) is 7.14. The summed E-state index contributed by atoms with van der Waals surface area (Å²) in [4.78, 5) is 10.8. The Morgan fingerprint density at radius 1 is 1.31 bits per heavy atom. The number of nitrogens with two attached hydrogens (primary N) is 1. The molecule has 1 saturated carbocycles. The van der Waals surface area contributed by atoms with E-state index in [1.807, 2.05) is 30.3 Å². The Kier molecular flexibility index (Phi) is 2.94. The zero-order chi connectivity index (χ0) is 8.55. The summed E-state index contributed by atoms with van der Waals surface area (Å²) in [5.41, 5.74) is 6.42. The van der Waals surface area contributed by atoms with Crippen LogP contribution >= 0.6 is 12.4 Å². The number of hydrogen-bond acceptors (Lipinski definition) is 1. The van der Waals surface area contributed by atoms with Gasteiger partial charge in [-0.15, -0.1) is 12.4 Å². The van der Waals surface area contributed by atoms with E-state index >= 15 is 0 Å². The van der Waals surface area contributed by atoms with Crippen molar-refractivity contribution in [3.8, 4) is 0 Å². The lowest BCUT2D eigenvalue weighted by Gasteiger charge is -1.95. The molecule has 0 aliphatic heterocycles. The average Bonchev–Trinajstić information content (AvgIpc) is 2.84. The quantitative estimate of drug-likeness (QED) is 0.771. The Morgan fingerprint density at radius 3 is 2.38 bits per heavy atom. The maximum Gasteiger partial charge on any atom is 0.221 e. The lowest BCUT2D eigenvalue weighted by atomic mass is 10.1. The summed E-state index contributed by atoms with van der Waals surface area (Å²) in [6, 6.07) is 10.1. The van der Waals surface area contributed by atoms with Crippen LogP contribution in [0, 0.1) is 5.92 Å². The lowest BCUT2D eigenvalue weighted by molar-refractivity contribution is -0.119. The van der Waals surface area contributed by atoms with Gasteiger partial charge in [0.25, 0.3) is 0 Å². The molecule has 13 heavy (non-hydrogen) atoms. The molecule has 2 N–H and O–H groups in total. The molecule has 0 saturated heterocycles. The number of amides is 1. The molecule has 1 aliphatic rings. The molecule has 0 spiro atoms. The molecule has 3 heteroatoms. The van der Waals surface area contributed by atoms with Crippen molar-refractivity contribution < 1.29 is 4.79 Å². The maximum absolute atomic E-state index is 10.8. The number of carbonyl (C=O) groups excluding carboxylic acids is 1. The van der Waals surface area contributed by atoms with Gasteiger partial charge in [-0.2, -0.15) is 0 Å².